The van der Waals surface area contributed by atoms with Crippen LogP contribution in [0.15, 0.2) is 18.2 Å². The van der Waals surface area contributed by atoms with Gasteiger partial charge in [0, 0.05) is 25.3 Å². The molecular formula is C14H19FN2O. The number of anilines is 1. The minimum atomic E-state index is -0.389. The molecule has 0 heterocycles. The highest BCUT2D eigenvalue weighted by Crippen LogP contribution is 2.24. The first-order chi connectivity index (χ1) is 8.49. The van der Waals surface area contributed by atoms with Crippen molar-refractivity contribution in [1.82, 2.24) is 0 Å². The number of ether oxygens (including phenoxy) is 1. The van der Waals surface area contributed by atoms with E-state index in [9.17, 15) is 4.39 Å². The third-order valence-electron chi connectivity index (χ3n) is 3.02. The second-order valence-electron chi connectivity index (χ2n) is 4.68. The quantitative estimate of drug-likeness (QED) is 0.805. The predicted molar refractivity (Wildman–Crippen MR) is 70.2 cm³/mol. The summed E-state index contributed by atoms with van der Waals surface area (Å²) in [5, 5.41) is 9.06. The molecule has 0 radical (unpaired) electrons. The fraction of sp³-hybridized carbons (Fsp3) is 0.500. The fourth-order valence-electron chi connectivity index (χ4n) is 1.69. The van der Waals surface area contributed by atoms with E-state index in [4.69, 9.17) is 10.00 Å². The van der Waals surface area contributed by atoms with Crippen LogP contribution in [-0.4, -0.2) is 20.7 Å². The van der Waals surface area contributed by atoms with Gasteiger partial charge >= 0.3 is 0 Å². The molecule has 0 amide bonds. The maximum atomic E-state index is 13.6. The largest absolute Gasteiger partial charge is 0.494 e. The van der Waals surface area contributed by atoms with Crippen molar-refractivity contribution in [2.24, 2.45) is 11.8 Å². The van der Waals surface area contributed by atoms with Crippen LogP contribution >= 0.6 is 0 Å². The van der Waals surface area contributed by atoms with Crippen molar-refractivity contribution in [3.05, 3.63) is 24.0 Å². The van der Waals surface area contributed by atoms with Gasteiger partial charge in [0.1, 0.15) is 0 Å². The summed E-state index contributed by atoms with van der Waals surface area (Å²) in [5.41, 5.74) is 0.745. The van der Waals surface area contributed by atoms with E-state index in [1.54, 1.807) is 12.1 Å². The van der Waals surface area contributed by atoms with E-state index in [1.165, 1.54) is 13.2 Å². The van der Waals surface area contributed by atoms with Gasteiger partial charge in [-0.05, 0) is 18.1 Å². The fourth-order valence-corrected chi connectivity index (χ4v) is 1.69. The molecule has 0 fully saturated rings. The van der Waals surface area contributed by atoms with Gasteiger partial charge in [-0.15, -0.1) is 0 Å². The Morgan fingerprint density at radius 2 is 2.11 bits per heavy atom. The molecule has 0 bridgehead atoms. The first-order valence-electron chi connectivity index (χ1n) is 5.94. The first-order valence-corrected chi connectivity index (χ1v) is 5.94. The van der Waals surface area contributed by atoms with Gasteiger partial charge in [-0.2, -0.15) is 5.26 Å². The molecular weight excluding hydrogens is 231 g/mol. The Hall–Kier alpha value is -1.76. The lowest BCUT2D eigenvalue weighted by Gasteiger charge is -2.24. The number of hydrogen-bond donors (Lipinski definition) is 0. The van der Waals surface area contributed by atoms with Gasteiger partial charge in [0.2, 0.25) is 0 Å². The van der Waals surface area contributed by atoms with Gasteiger partial charge < -0.3 is 9.64 Å². The molecule has 0 saturated carbocycles. The average molecular weight is 250 g/mol. The van der Waals surface area contributed by atoms with Crippen molar-refractivity contribution in [2.45, 2.75) is 13.8 Å². The SMILES string of the molecule is COc1ccc(N(C)CC(C#N)C(C)C)cc1F. The van der Waals surface area contributed by atoms with Gasteiger partial charge in [-0.1, -0.05) is 13.8 Å². The van der Waals surface area contributed by atoms with Crippen LogP contribution in [0.4, 0.5) is 10.1 Å². The van der Waals surface area contributed by atoms with Crippen molar-refractivity contribution >= 4 is 5.69 Å². The predicted octanol–water partition coefficient (Wildman–Crippen LogP) is 3.07. The molecule has 0 saturated heterocycles. The third kappa shape index (κ3) is 3.36. The lowest BCUT2D eigenvalue weighted by atomic mass is 9.97. The molecule has 0 spiro atoms. The monoisotopic (exact) mass is 250 g/mol. The number of rotatable bonds is 5. The van der Waals surface area contributed by atoms with Crippen LogP contribution in [0.1, 0.15) is 13.8 Å². The van der Waals surface area contributed by atoms with E-state index in [1.807, 2.05) is 25.8 Å². The van der Waals surface area contributed by atoms with Crippen molar-refractivity contribution in [1.29, 1.82) is 5.26 Å². The molecule has 0 aliphatic carbocycles. The second kappa shape index (κ2) is 6.25. The first kappa shape index (κ1) is 14.3. The summed E-state index contributed by atoms with van der Waals surface area (Å²) in [6.45, 7) is 4.60. The zero-order valence-electron chi connectivity index (χ0n) is 11.3. The van der Waals surface area contributed by atoms with Crippen LogP contribution in [0.3, 0.4) is 0 Å². The average Bonchev–Trinajstić information content (AvgIpc) is 2.35. The lowest BCUT2D eigenvalue weighted by molar-refractivity contribution is 0.386. The van der Waals surface area contributed by atoms with Crippen LogP contribution in [0.5, 0.6) is 5.75 Å². The Morgan fingerprint density at radius 1 is 1.44 bits per heavy atom. The van der Waals surface area contributed by atoms with Gasteiger partial charge in [0.15, 0.2) is 11.6 Å². The molecule has 3 nitrogen and oxygen atoms in total. The van der Waals surface area contributed by atoms with Crippen molar-refractivity contribution in [3.63, 3.8) is 0 Å². The number of hydrogen-bond acceptors (Lipinski definition) is 3. The Bertz CT molecular complexity index is 440. The molecule has 18 heavy (non-hydrogen) atoms. The molecule has 1 rings (SSSR count). The molecule has 0 aliphatic heterocycles. The molecule has 1 unspecified atom stereocenters. The number of nitrogens with zero attached hydrogens (tertiary/aromatic N) is 2. The molecule has 0 aliphatic rings. The van der Waals surface area contributed by atoms with Crippen molar-refractivity contribution in [2.75, 3.05) is 25.6 Å². The Balaban J connectivity index is 2.82. The minimum absolute atomic E-state index is 0.0693. The Morgan fingerprint density at radius 3 is 2.56 bits per heavy atom. The minimum Gasteiger partial charge on any atom is -0.494 e. The number of halogens is 1. The van der Waals surface area contributed by atoms with Gasteiger partial charge in [-0.25, -0.2) is 4.39 Å². The highest BCUT2D eigenvalue weighted by atomic mass is 19.1. The summed E-state index contributed by atoms with van der Waals surface area (Å²) in [5.74, 6) is 0.0495. The molecule has 0 N–H and O–H groups in total. The summed E-state index contributed by atoms with van der Waals surface area (Å²) < 4.78 is 18.4. The summed E-state index contributed by atoms with van der Waals surface area (Å²) >= 11 is 0. The van der Waals surface area contributed by atoms with Crippen LogP contribution in [0.2, 0.25) is 0 Å². The van der Waals surface area contributed by atoms with E-state index in [0.717, 1.165) is 5.69 Å². The zero-order valence-corrected chi connectivity index (χ0v) is 11.3. The lowest BCUT2D eigenvalue weighted by Crippen LogP contribution is -2.27. The summed E-state index contributed by atoms with van der Waals surface area (Å²) in [6, 6.07) is 7.09. The Kier molecular flexibility index (Phi) is 4.96. The van der Waals surface area contributed by atoms with E-state index in [0.29, 0.717) is 6.54 Å². The van der Waals surface area contributed by atoms with E-state index < -0.39 is 0 Å². The number of benzene rings is 1. The Labute approximate surface area is 108 Å². The molecule has 98 valence electrons. The zero-order chi connectivity index (χ0) is 13.7. The summed E-state index contributed by atoms with van der Waals surface area (Å²) in [6.07, 6.45) is 0. The smallest absolute Gasteiger partial charge is 0.167 e. The molecule has 1 aromatic carbocycles. The topological polar surface area (TPSA) is 36.3 Å². The molecule has 0 aromatic heterocycles. The van der Waals surface area contributed by atoms with Crippen LogP contribution in [0, 0.1) is 29.0 Å². The van der Waals surface area contributed by atoms with Crippen LogP contribution in [0.25, 0.3) is 0 Å². The van der Waals surface area contributed by atoms with Gasteiger partial charge in [-0.3, -0.25) is 0 Å². The van der Waals surface area contributed by atoms with Gasteiger partial charge in [0.25, 0.3) is 0 Å². The molecule has 4 heteroatoms. The molecule has 1 atom stereocenters. The maximum Gasteiger partial charge on any atom is 0.167 e. The highest BCUT2D eigenvalue weighted by molar-refractivity contribution is 5.49. The van der Waals surface area contributed by atoms with Crippen LogP contribution in [-0.2, 0) is 0 Å². The normalized spacial score (nSPS) is 12.1. The highest BCUT2D eigenvalue weighted by Gasteiger charge is 2.16. The number of methoxy groups -OCH3 is 1. The standard InChI is InChI=1S/C14H19FN2O/c1-10(2)11(8-16)9-17(3)12-5-6-14(18-4)13(15)7-12/h5-7,10-11H,9H2,1-4H3. The molecule has 1 aromatic rings. The van der Waals surface area contributed by atoms with Crippen molar-refractivity contribution < 1.29 is 9.13 Å². The third-order valence-corrected chi connectivity index (χ3v) is 3.02. The number of nitriles is 1. The summed E-state index contributed by atoms with van der Waals surface area (Å²) in [7, 11) is 3.29. The van der Waals surface area contributed by atoms with E-state index in [2.05, 4.69) is 6.07 Å². The van der Waals surface area contributed by atoms with E-state index >= 15 is 0 Å². The van der Waals surface area contributed by atoms with Gasteiger partial charge in [0.05, 0.1) is 19.1 Å². The second-order valence-corrected chi connectivity index (χ2v) is 4.68. The van der Waals surface area contributed by atoms with Crippen molar-refractivity contribution in [3.8, 4) is 11.8 Å². The van der Waals surface area contributed by atoms with E-state index in [-0.39, 0.29) is 23.4 Å². The van der Waals surface area contributed by atoms with Crippen LogP contribution < -0.4 is 9.64 Å². The maximum absolute atomic E-state index is 13.6. The summed E-state index contributed by atoms with van der Waals surface area (Å²) in [4.78, 5) is 1.89.